The Morgan fingerprint density at radius 2 is 1.63 bits per heavy atom. The van der Waals surface area contributed by atoms with Crippen LogP contribution in [0.2, 0.25) is 0 Å². The number of alkyl halides is 6. The van der Waals surface area contributed by atoms with Gasteiger partial charge in [-0.2, -0.15) is 22.8 Å². The summed E-state index contributed by atoms with van der Waals surface area (Å²) >= 11 is 0. The van der Waals surface area contributed by atoms with Gasteiger partial charge in [0.25, 0.3) is 12.2 Å². The molecule has 2 aromatic carbocycles. The topological polar surface area (TPSA) is 51.5 Å². The number of nitrogens with zero attached hydrogens (tertiary/aromatic N) is 1. The molecule has 0 saturated carbocycles. The Kier molecular flexibility index (Phi) is 5.20. The highest BCUT2D eigenvalue weighted by molar-refractivity contribution is 5.56. The van der Waals surface area contributed by atoms with Crippen molar-refractivity contribution in [1.29, 1.82) is 5.26 Å². The summed E-state index contributed by atoms with van der Waals surface area (Å²) in [5.41, 5.74) is -4.26. The normalized spacial score (nSPS) is 18.2. The van der Waals surface area contributed by atoms with Crippen LogP contribution < -0.4 is 4.74 Å². The zero-order valence-electron chi connectivity index (χ0n) is 15.3. The smallest absolute Gasteiger partial charge is 0.371 e. The monoisotopic (exact) mass is 435 g/mol. The van der Waals surface area contributed by atoms with Gasteiger partial charge in [-0.3, -0.25) is 0 Å². The van der Waals surface area contributed by atoms with Gasteiger partial charge in [0.2, 0.25) is 0 Å². The van der Waals surface area contributed by atoms with Gasteiger partial charge in [0, 0.05) is 31.4 Å². The molecule has 0 heterocycles. The molecule has 2 aromatic rings. The van der Waals surface area contributed by atoms with Gasteiger partial charge in [-0.05, 0) is 24.3 Å². The number of benzene rings is 2. The summed E-state index contributed by atoms with van der Waals surface area (Å²) in [5, 5.41) is 8.88. The van der Waals surface area contributed by atoms with Crippen LogP contribution in [0.25, 0.3) is 0 Å². The van der Waals surface area contributed by atoms with Gasteiger partial charge >= 0.3 is 11.8 Å². The van der Waals surface area contributed by atoms with Crippen molar-refractivity contribution < 1.29 is 44.9 Å². The lowest BCUT2D eigenvalue weighted by atomic mass is 9.98. The van der Waals surface area contributed by atoms with Crippen molar-refractivity contribution in [3.63, 3.8) is 0 Å². The summed E-state index contributed by atoms with van der Waals surface area (Å²) in [5.74, 6) is -15.7. The Bertz CT molecular complexity index is 1030. The van der Waals surface area contributed by atoms with Crippen LogP contribution in [0, 0.1) is 17.1 Å². The minimum absolute atomic E-state index is 0.217. The number of ether oxygens (including phenoxy) is 3. The summed E-state index contributed by atoms with van der Waals surface area (Å²) in [6.07, 6.45) is -3.58. The van der Waals surface area contributed by atoms with E-state index >= 15 is 0 Å². The molecule has 0 unspecified atom stereocenters. The third-order valence-electron chi connectivity index (χ3n) is 4.70. The van der Waals surface area contributed by atoms with Gasteiger partial charge in [0.1, 0.15) is 17.3 Å². The summed E-state index contributed by atoms with van der Waals surface area (Å²) in [7, 11) is 1.22. The highest BCUT2D eigenvalue weighted by Gasteiger charge is 2.79. The molecule has 0 aromatic heterocycles. The second kappa shape index (κ2) is 7.14. The molecule has 0 N–H and O–H groups in total. The molecule has 30 heavy (non-hydrogen) atoms. The molecule has 0 saturated heterocycles. The average Bonchev–Trinajstić information content (AvgIpc) is 2.80. The fourth-order valence-electron chi connectivity index (χ4n) is 3.41. The Morgan fingerprint density at radius 3 is 2.17 bits per heavy atom. The first kappa shape index (κ1) is 21.9. The van der Waals surface area contributed by atoms with E-state index in [9.17, 15) is 30.7 Å². The summed E-state index contributed by atoms with van der Waals surface area (Å²) < 4.78 is 114. The lowest BCUT2D eigenvalue weighted by Crippen LogP contribution is -2.51. The van der Waals surface area contributed by atoms with E-state index in [1.807, 2.05) is 0 Å². The standard InChI is InChI=1S/C19H12F7NO3/c1-28-18(29-2)15-12(17(23,24)19(18,25)26)3-4-13(14(15)16(21)22)30-11-6-9(8-27)5-10(20)7-11/h3-7,16H,1-2H3. The lowest BCUT2D eigenvalue weighted by molar-refractivity contribution is -0.374. The molecule has 1 aliphatic carbocycles. The van der Waals surface area contributed by atoms with Gasteiger partial charge in [-0.15, -0.1) is 0 Å². The quantitative estimate of drug-likeness (QED) is 0.452. The second-order valence-corrected chi connectivity index (χ2v) is 6.26. The van der Waals surface area contributed by atoms with Crippen LogP contribution in [0.3, 0.4) is 0 Å². The van der Waals surface area contributed by atoms with E-state index in [0.29, 0.717) is 26.4 Å². The molecule has 3 rings (SSSR count). The van der Waals surface area contributed by atoms with E-state index < -0.39 is 58.1 Å². The Morgan fingerprint density at radius 1 is 1.00 bits per heavy atom. The predicted molar refractivity (Wildman–Crippen MR) is 87.1 cm³/mol. The first-order chi connectivity index (χ1) is 14.0. The van der Waals surface area contributed by atoms with Crippen molar-refractivity contribution in [2.75, 3.05) is 14.2 Å². The molecule has 1 aliphatic rings. The largest absolute Gasteiger partial charge is 0.457 e. The molecule has 160 valence electrons. The maximum Gasteiger partial charge on any atom is 0.371 e. The van der Waals surface area contributed by atoms with Crippen molar-refractivity contribution in [2.45, 2.75) is 24.1 Å². The van der Waals surface area contributed by atoms with Crippen molar-refractivity contribution in [3.05, 3.63) is 58.4 Å². The number of fused-ring (bicyclic) bond motifs is 1. The molecule has 0 spiro atoms. The molecule has 0 atom stereocenters. The van der Waals surface area contributed by atoms with Crippen LogP contribution in [0.1, 0.15) is 28.7 Å². The van der Waals surface area contributed by atoms with Gasteiger partial charge < -0.3 is 14.2 Å². The van der Waals surface area contributed by atoms with Crippen LogP contribution in [0.15, 0.2) is 30.3 Å². The fraction of sp³-hybridized carbons (Fsp3) is 0.316. The number of halogens is 7. The molecule has 0 radical (unpaired) electrons. The van der Waals surface area contributed by atoms with E-state index in [2.05, 4.69) is 9.47 Å². The highest BCUT2D eigenvalue weighted by atomic mass is 19.3. The highest BCUT2D eigenvalue weighted by Crippen LogP contribution is 2.64. The molecule has 0 bridgehead atoms. The second-order valence-electron chi connectivity index (χ2n) is 6.26. The van der Waals surface area contributed by atoms with Gasteiger partial charge in [-0.25, -0.2) is 13.2 Å². The van der Waals surface area contributed by atoms with Crippen LogP contribution in [-0.4, -0.2) is 20.1 Å². The van der Waals surface area contributed by atoms with Crippen LogP contribution in [0.4, 0.5) is 30.7 Å². The van der Waals surface area contributed by atoms with Crippen molar-refractivity contribution >= 4 is 0 Å². The van der Waals surface area contributed by atoms with Gasteiger partial charge in [-0.1, -0.05) is 0 Å². The van der Waals surface area contributed by atoms with E-state index in [1.165, 1.54) is 0 Å². The van der Waals surface area contributed by atoms with Crippen molar-refractivity contribution in [3.8, 4) is 17.6 Å². The number of methoxy groups -OCH3 is 2. The maximum atomic E-state index is 14.6. The van der Waals surface area contributed by atoms with Crippen LogP contribution in [-0.2, 0) is 21.2 Å². The third-order valence-corrected chi connectivity index (χ3v) is 4.70. The van der Waals surface area contributed by atoms with Gasteiger partial charge in [0.15, 0.2) is 0 Å². The van der Waals surface area contributed by atoms with E-state index in [1.54, 1.807) is 6.07 Å². The Labute approximate surface area is 165 Å². The van der Waals surface area contributed by atoms with Gasteiger partial charge in [0.05, 0.1) is 17.2 Å². The number of nitriles is 1. The summed E-state index contributed by atoms with van der Waals surface area (Å²) in [6, 6.07) is 5.30. The first-order valence-electron chi connectivity index (χ1n) is 8.17. The van der Waals surface area contributed by atoms with Crippen molar-refractivity contribution in [2.24, 2.45) is 0 Å². The molecular formula is C19H12F7NO3. The summed E-state index contributed by atoms with van der Waals surface area (Å²) in [4.78, 5) is 0. The zero-order chi connectivity index (χ0) is 22.5. The molecular weight excluding hydrogens is 423 g/mol. The minimum Gasteiger partial charge on any atom is -0.457 e. The number of hydrogen-bond acceptors (Lipinski definition) is 4. The lowest BCUT2D eigenvalue weighted by Gasteiger charge is -2.34. The summed E-state index contributed by atoms with van der Waals surface area (Å²) in [6.45, 7) is 0. The zero-order valence-corrected chi connectivity index (χ0v) is 15.3. The molecule has 4 nitrogen and oxygen atoms in total. The van der Waals surface area contributed by atoms with E-state index in [0.717, 1.165) is 18.2 Å². The SMILES string of the molecule is COC1(OC)c2c(ccc(Oc3cc(F)cc(C#N)c3)c2C(F)F)C(F)(F)C1(F)F. The van der Waals surface area contributed by atoms with E-state index in [4.69, 9.17) is 10.00 Å². The minimum atomic E-state index is -5.04. The van der Waals surface area contributed by atoms with Crippen molar-refractivity contribution in [1.82, 2.24) is 0 Å². The Hall–Kier alpha value is -2.84. The maximum absolute atomic E-state index is 14.6. The molecule has 0 amide bonds. The first-order valence-corrected chi connectivity index (χ1v) is 8.17. The van der Waals surface area contributed by atoms with Crippen LogP contribution >= 0.6 is 0 Å². The van der Waals surface area contributed by atoms with Crippen LogP contribution in [0.5, 0.6) is 11.5 Å². The number of rotatable bonds is 5. The fourth-order valence-corrected chi connectivity index (χ4v) is 3.41. The number of hydrogen-bond donors (Lipinski definition) is 0. The average molecular weight is 435 g/mol. The third kappa shape index (κ3) is 2.82. The molecule has 0 aliphatic heterocycles. The van der Waals surface area contributed by atoms with E-state index in [-0.39, 0.29) is 5.56 Å². The molecule has 11 heteroatoms. The Balaban J connectivity index is 2.29. The predicted octanol–water partition coefficient (Wildman–Crippen LogP) is 5.61. The molecule has 0 fully saturated rings.